The average Bonchev–Trinajstić information content (AvgIpc) is 2.19. The van der Waals surface area contributed by atoms with Gasteiger partial charge in [-0.2, -0.15) is 0 Å². The van der Waals surface area contributed by atoms with E-state index < -0.39 is 0 Å². The van der Waals surface area contributed by atoms with Crippen molar-refractivity contribution in [3.05, 3.63) is 0 Å². The molecule has 1 heterocycles. The lowest BCUT2D eigenvalue weighted by Gasteiger charge is -2.22. The number of rotatable bonds is 6. The fraction of sp³-hybridized carbons (Fsp3) is 1.00. The molecule has 1 aliphatic rings. The normalized spacial score (nSPS) is 23.3. The molecular formula is C10H20O3. The summed E-state index contributed by atoms with van der Waals surface area (Å²) in [5.74, 6) is 0. The van der Waals surface area contributed by atoms with Crippen LogP contribution in [-0.2, 0) is 14.2 Å². The molecule has 3 heteroatoms. The van der Waals surface area contributed by atoms with Crippen LogP contribution in [0.5, 0.6) is 0 Å². The third kappa shape index (κ3) is 5.24. The summed E-state index contributed by atoms with van der Waals surface area (Å²) in [6.07, 6.45) is 4.48. The van der Waals surface area contributed by atoms with Crippen LogP contribution in [0.15, 0.2) is 0 Å². The molecule has 0 N–H and O–H groups in total. The van der Waals surface area contributed by atoms with E-state index in [0.717, 1.165) is 39.3 Å². The summed E-state index contributed by atoms with van der Waals surface area (Å²) in [4.78, 5) is 0. The highest BCUT2D eigenvalue weighted by atomic mass is 16.7. The second kappa shape index (κ2) is 7.30. The number of ether oxygens (including phenoxy) is 3. The van der Waals surface area contributed by atoms with Crippen molar-refractivity contribution in [1.29, 1.82) is 0 Å². The Balaban J connectivity index is 1.86. The fourth-order valence-corrected chi connectivity index (χ4v) is 1.36. The molecule has 1 fully saturated rings. The number of hydrogen-bond acceptors (Lipinski definition) is 3. The molecule has 78 valence electrons. The van der Waals surface area contributed by atoms with Crippen LogP contribution >= 0.6 is 0 Å². The third-order valence-corrected chi connectivity index (χ3v) is 2.08. The van der Waals surface area contributed by atoms with E-state index in [-0.39, 0.29) is 6.29 Å². The van der Waals surface area contributed by atoms with E-state index >= 15 is 0 Å². The van der Waals surface area contributed by atoms with Crippen LogP contribution in [0.2, 0.25) is 0 Å². The maximum atomic E-state index is 5.53. The Morgan fingerprint density at radius 1 is 1.31 bits per heavy atom. The zero-order valence-electron chi connectivity index (χ0n) is 8.46. The minimum absolute atomic E-state index is 0.0513. The lowest BCUT2D eigenvalue weighted by Crippen LogP contribution is -2.23. The van der Waals surface area contributed by atoms with Gasteiger partial charge in [-0.1, -0.05) is 0 Å². The van der Waals surface area contributed by atoms with Gasteiger partial charge in [0.2, 0.25) is 0 Å². The summed E-state index contributed by atoms with van der Waals surface area (Å²) in [6.45, 7) is 5.20. The highest BCUT2D eigenvalue weighted by Crippen LogP contribution is 2.13. The van der Waals surface area contributed by atoms with Crippen molar-refractivity contribution >= 4 is 0 Å². The van der Waals surface area contributed by atoms with Crippen molar-refractivity contribution in [2.75, 3.05) is 26.4 Å². The van der Waals surface area contributed by atoms with Crippen LogP contribution in [0.25, 0.3) is 0 Å². The Bertz CT molecular complexity index is 111. The smallest absolute Gasteiger partial charge is 0.157 e. The van der Waals surface area contributed by atoms with E-state index in [9.17, 15) is 0 Å². The maximum Gasteiger partial charge on any atom is 0.157 e. The first-order chi connectivity index (χ1) is 6.43. The standard InChI is InChI=1S/C10H20O3/c1-2-11-7-5-9-13-10-6-3-4-8-12-10/h10H,2-9H2,1H3. The largest absolute Gasteiger partial charge is 0.382 e. The number of hydrogen-bond donors (Lipinski definition) is 0. The second-order valence-corrected chi connectivity index (χ2v) is 3.22. The van der Waals surface area contributed by atoms with E-state index in [2.05, 4.69) is 0 Å². The van der Waals surface area contributed by atoms with E-state index in [1.807, 2.05) is 6.92 Å². The van der Waals surface area contributed by atoms with Crippen LogP contribution in [0.3, 0.4) is 0 Å². The Labute approximate surface area is 80.4 Å². The minimum atomic E-state index is 0.0513. The summed E-state index contributed by atoms with van der Waals surface area (Å²) in [7, 11) is 0. The van der Waals surface area contributed by atoms with Crippen molar-refractivity contribution < 1.29 is 14.2 Å². The van der Waals surface area contributed by atoms with E-state index in [1.54, 1.807) is 0 Å². The van der Waals surface area contributed by atoms with Crippen molar-refractivity contribution in [1.82, 2.24) is 0 Å². The monoisotopic (exact) mass is 188 g/mol. The summed E-state index contributed by atoms with van der Waals surface area (Å²) in [5, 5.41) is 0. The molecule has 3 nitrogen and oxygen atoms in total. The molecule has 0 saturated carbocycles. The Hall–Kier alpha value is -0.120. The van der Waals surface area contributed by atoms with Crippen LogP contribution in [0.4, 0.5) is 0 Å². The van der Waals surface area contributed by atoms with Gasteiger partial charge in [0.05, 0.1) is 6.61 Å². The summed E-state index contributed by atoms with van der Waals surface area (Å²) < 4.78 is 16.2. The van der Waals surface area contributed by atoms with Crippen LogP contribution < -0.4 is 0 Å². The van der Waals surface area contributed by atoms with Crippen LogP contribution in [-0.4, -0.2) is 32.7 Å². The first-order valence-corrected chi connectivity index (χ1v) is 5.24. The van der Waals surface area contributed by atoms with Gasteiger partial charge in [-0.3, -0.25) is 0 Å². The molecule has 1 rings (SSSR count). The average molecular weight is 188 g/mol. The Morgan fingerprint density at radius 3 is 2.92 bits per heavy atom. The minimum Gasteiger partial charge on any atom is -0.382 e. The summed E-state index contributed by atoms with van der Waals surface area (Å²) in [5.41, 5.74) is 0. The molecule has 1 saturated heterocycles. The van der Waals surface area contributed by atoms with Gasteiger partial charge in [0.25, 0.3) is 0 Å². The molecular weight excluding hydrogens is 168 g/mol. The van der Waals surface area contributed by atoms with E-state index in [0.29, 0.717) is 0 Å². The summed E-state index contributed by atoms with van der Waals surface area (Å²) in [6, 6.07) is 0. The lowest BCUT2D eigenvalue weighted by molar-refractivity contribution is -0.164. The Kier molecular flexibility index (Phi) is 6.15. The van der Waals surface area contributed by atoms with Crippen molar-refractivity contribution in [2.45, 2.75) is 38.9 Å². The quantitative estimate of drug-likeness (QED) is 0.596. The highest BCUT2D eigenvalue weighted by Gasteiger charge is 2.12. The first kappa shape index (κ1) is 11.0. The van der Waals surface area contributed by atoms with Gasteiger partial charge in [-0.05, 0) is 32.6 Å². The SMILES string of the molecule is CCOCCCOC1CCCCO1. The van der Waals surface area contributed by atoms with Gasteiger partial charge in [0, 0.05) is 19.8 Å². The van der Waals surface area contributed by atoms with Crippen molar-refractivity contribution in [2.24, 2.45) is 0 Å². The molecule has 0 aromatic carbocycles. The molecule has 13 heavy (non-hydrogen) atoms. The van der Waals surface area contributed by atoms with Gasteiger partial charge >= 0.3 is 0 Å². The summed E-state index contributed by atoms with van der Waals surface area (Å²) >= 11 is 0. The molecule has 0 amide bonds. The lowest BCUT2D eigenvalue weighted by atomic mass is 10.2. The fourth-order valence-electron chi connectivity index (χ4n) is 1.36. The van der Waals surface area contributed by atoms with Gasteiger partial charge in [0.1, 0.15) is 0 Å². The molecule has 0 radical (unpaired) electrons. The molecule has 1 atom stereocenters. The van der Waals surface area contributed by atoms with Gasteiger partial charge < -0.3 is 14.2 Å². The molecule has 0 bridgehead atoms. The molecule has 1 aliphatic heterocycles. The molecule has 0 aliphatic carbocycles. The predicted octanol–water partition coefficient (Wildman–Crippen LogP) is 1.96. The topological polar surface area (TPSA) is 27.7 Å². The highest BCUT2D eigenvalue weighted by molar-refractivity contribution is 4.53. The first-order valence-electron chi connectivity index (χ1n) is 5.24. The zero-order valence-corrected chi connectivity index (χ0v) is 8.46. The van der Waals surface area contributed by atoms with Crippen molar-refractivity contribution in [3.8, 4) is 0 Å². The molecule has 0 spiro atoms. The zero-order chi connectivity index (χ0) is 9.36. The molecule has 1 unspecified atom stereocenters. The second-order valence-electron chi connectivity index (χ2n) is 3.22. The van der Waals surface area contributed by atoms with E-state index in [1.165, 1.54) is 12.8 Å². The maximum absolute atomic E-state index is 5.53. The third-order valence-electron chi connectivity index (χ3n) is 2.08. The van der Waals surface area contributed by atoms with E-state index in [4.69, 9.17) is 14.2 Å². The van der Waals surface area contributed by atoms with Crippen LogP contribution in [0.1, 0.15) is 32.6 Å². The predicted molar refractivity (Wildman–Crippen MR) is 50.7 cm³/mol. The Morgan fingerprint density at radius 2 is 2.23 bits per heavy atom. The van der Waals surface area contributed by atoms with Crippen molar-refractivity contribution in [3.63, 3.8) is 0 Å². The molecule has 0 aromatic heterocycles. The van der Waals surface area contributed by atoms with Crippen LogP contribution in [0, 0.1) is 0 Å². The van der Waals surface area contributed by atoms with Gasteiger partial charge in [-0.15, -0.1) is 0 Å². The van der Waals surface area contributed by atoms with Gasteiger partial charge in [0.15, 0.2) is 6.29 Å². The van der Waals surface area contributed by atoms with Gasteiger partial charge in [-0.25, -0.2) is 0 Å². The molecule has 0 aromatic rings.